The summed E-state index contributed by atoms with van der Waals surface area (Å²) < 4.78 is 12.8. The highest BCUT2D eigenvalue weighted by Gasteiger charge is 2.36. The van der Waals surface area contributed by atoms with Crippen molar-refractivity contribution in [1.82, 2.24) is 25.1 Å². The van der Waals surface area contributed by atoms with E-state index < -0.39 is 13.2 Å². The van der Waals surface area contributed by atoms with E-state index in [9.17, 15) is 14.5 Å². The second-order valence-corrected chi connectivity index (χ2v) is 15.2. The van der Waals surface area contributed by atoms with Gasteiger partial charge in [0, 0.05) is 29.0 Å². The lowest BCUT2D eigenvalue weighted by Crippen LogP contribution is -2.48. The maximum absolute atomic E-state index is 12.8. The molecule has 2 aromatic heterocycles. The molecular weight excluding hydrogens is 561 g/mol. The van der Waals surface area contributed by atoms with Gasteiger partial charge in [0.1, 0.15) is 12.2 Å². The second-order valence-electron chi connectivity index (χ2n) is 11.6. The molecule has 10 nitrogen and oxygen atoms in total. The van der Waals surface area contributed by atoms with Gasteiger partial charge < -0.3 is 25.2 Å². The number of hydrogen-bond donors (Lipinski definition) is 4. The van der Waals surface area contributed by atoms with E-state index in [0.717, 1.165) is 27.9 Å². The molecule has 1 amide bonds. The Labute approximate surface area is 243 Å². The number of halogens is 1. The number of H-pyrrole nitrogens is 1. The SMILES string of the molecule is CC(C)(C)C1CC(c2n[nH]c3ccc(Nc4ncc(Cl)c(Nc5ccccc5P(C)(C)=O)n4)cc23)=CCN1C(=O)O. The lowest BCUT2D eigenvalue weighted by atomic mass is 9.79. The molecule has 0 spiro atoms. The van der Waals surface area contributed by atoms with Crippen LogP contribution in [0.5, 0.6) is 0 Å². The Morgan fingerprint density at radius 1 is 1.17 bits per heavy atom. The number of anilines is 4. The predicted octanol–water partition coefficient (Wildman–Crippen LogP) is 6.92. The van der Waals surface area contributed by atoms with Gasteiger partial charge in [-0.25, -0.2) is 9.78 Å². The van der Waals surface area contributed by atoms with Crippen LogP contribution in [0.1, 0.15) is 32.9 Å². The molecule has 1 aliphatic heterocycles. The van der Waals surface area contributed by atoms with E-state index in [1.165, 1.54) is 11.1 Å². The summed E-state index contributed by atoms with van der Waals surface area (Å²) in [6.45, 7) is 9.91. The quantitative estimate of drug-likeness (QED) is 0.177. The van der Waals surface area contributed by atoms with E-state index in [1.54, 1.807) is 13.3 Å². The summed E-state index contributed by atoms with van der Waals surface area (Å²) in [5.41, 5.74) is 3.84. The van der Waals surface area contributed by atoms with Gasteiger partial charge in [0.2, 0.25) is 5.95 Å². The average Bonchev–Trinajstić information content (AvgIpc) is 3.33. The number of hydrogen-bond acceptors (Lipinski definition) is 7. The Morgan fingerprint density at radius 3 is 2.63 bits per heavy atom. The van der Waals surface area contributed by atoms with Crippen molar-refractivity contribution in [3.05, 3.63) is 65.5 Å². The van der Waals surface area contributed by atoms with Crippen LogP contribution in [0.3, 0.4) is 0 Å². The maximum atomic E-state index is 12.8. The number of carbonyl (C=O) groups is 1. The van der Waals surface area contributed by atoms with Crippen molar-refractivity contribution >= 4 is 69.8 Å². The first-order chi connectivity index (χ1) is 19.3. The Kier molecular flexibility index (Phi) is 7.57. The number of fused-ring (bicyclic) bond motifs is 1. The summed E-state index contributed by atoms with van der Waals surface area (Å²) in [5, 5.41) is 25.8. The maximum Gasteiger partial charge on any atom is 0.407 e. The summed E-state index contributed by atoms with van der Waals surface area (Å²) in [6, 6.07) is 13.0. The standard InChI is InChI=1S/C29H33ClN7O3P/c1-29(2,3)24-14-17(12-13-37(24)28(38)39)25-19-15-18(10-11-21(19)35-36-25)32-27-31-16-20(30)26(34-27)33-22-8-6-7-9-23(22)41(4,5)40/h6-12,15-16,24H,13-14H2,1-5H3,(H,35,36)(H,38,39)(H2,31,32,33,34). The molecule has 0 saturated heterocycles. The van der Waals surface area contributed by atoms with E-state index in [-0.39, 0.29) is 11.5 Å². The lowest BCUT2D eigenvalue weighted by molar-refractivity contribution is 0.0884. The topological polar surface area (TPSA) is 136 Å². The molecule has 214 valence electrons. The van der Waals surface area contributed by atoms with E-state index >= 15 is 0 Å². The number of aromatic nitrogens is 4. The Hall–Kier alpha value is -3.88. The molecule has 1 aliphatic rings. The monoisotopic (exact) mass is 593 g/mol. The number of nitrogens with one attached hydrogen (secondary N) is 3. The fourth-order valence-corrected chi connectivity index (χ4v) is 6.37. The number of para-hydroxylation sites is 1. The van der Waals surface area contributed by atoms with E-state index in [1.807, 2.05) is 48.5 Å². The number of nitrogens with zero attached hydrogens (tertiary/aromatic N) is 4. The number of benzene rings is 2. The third-order valence-corrected chi connectivity index (χ3v) is 9.00. The molecule has 12 heteroatoms. The summed E-state index contributed by atoms with van der Waals surface area (Å²) in [6.07, 6.45) is 3.09. The van der Waals surface area contributed by atoms with Crippen LogP contribution in [0.25, 0.3) is 16.5 Å². The largest absolute Gasteiger partial charge is 0.465 e. The first-order valence-corrected chi connectivity index (χ1v) is 16.2. The highest BCUT2D eigenvalue weighted by Crippen LogP contribution is 2.39. The van der Waals surface area contributed by atoms with Gasteiger partial charge in [-0.05, 0) is 61.1 Å². The third kappa shape index (κ3) is 6.09. The third-order valence-electron chi connectivity index (χ3n) is 7.17. The molecule has 0 aliphatic carbocycles. The van der Waals surface area contributed by atoms with E-state index in [0.29, 0.717) is 40.7 Å². The number of aromatic amines is 1. The molecule has 1 unspecified atom stereocenters. The molecule has 41 heavy (non-hydrogen) atoms. The summed E-state index contributed by atoms with van der Waals surface area (Å²) in [4.78, 5) is 22.3. The van der Waals surface area contributed by atoms with Gasteiger partial charge in [0.05, 0.1) is 23.1 Å². The van der Waals surface area contributed by atoms with Gasteiger partial charge in [0.15, 0.2) is 5.82 Å². The van der Waals surface area contributed by atoms with Gasteiger partial charge in [-0.15, -0.1) is 0 Å². The fourth-order valence-electron chi connectivity index (χ4n) is 5.07. The molecule has 0 radical (unpaired) electrons. The molecule has 0 bridgehead atoms. The van der Waals surface area contributed by atoms with Crippen LogP contribution in [0.15, 0.2) is 54.7 Å². The van der Waals surface area contributed by atoms with Gasteiger partial charge in [-0.3, -0.25) is 5.10 Å². The number of rotatable bonds is 6. The van der Waals surface area contributed by atoms with Crippen molar-refractivity contribution in [3.63, 3.8) is 0 Å². The summed E-state index contributed by atoms with van der Waals surface area (Å²) >= 11 is 6.42. The van der Waals surface area contributed by atoms with E-state index in [2.05, 4.69) is 51.6 Å². The predicted molar refractivity (Wildman–Crippen MR) is 166 cm³/mol. The zero-order valence-electron chi connectivity index (χ0n) is 23.6. The molecule has 1 atom stereocenters. The first-order valence-electron chi connectivity index (χ1n) is 13.2. The van der Waals surface area contributed by atoms with E-state index in [4.69, 9.17) is 11.6 Å². The zero-order chi connectivity index (χ0) is 29.5. The molecule has 4 aromatic rings. The zero-order valence-corrected chi connectivity index (χ0v) is 25.2. The Morgan fingerprint density at radius 2 is 1.93 bits per heavy atom. The van der Waals surface area contributed by atoms with Crippen molar-refractivity contribution in [1.29, 1.82) is 0 Å². The van der Waals surface area contributed by atoms with Gasteiger partial charge in [-0.1, -0.05) is 50.6 Å². The van der Waals surface area contributed by atoms with Crippen LogP contribution in [0.4, 0.5) is 27.9 Å². The van der Waals surface area contributed by atoms with Crippen LogP contribution < -0.4 is 15.9 Å². The first kappa shape index (κ1) is 28.6. The van der Waals surface area contributed by atoms with Crippen LogP contribution >= 0.6 is 18.7 Å². The summed E-state index contributed by atoms with van der Waals surface area (Å²) in [5.74, 6) is 0.718. The minimum absolute atomic E-state index is 0.180. The molecule has 0 fully saturated rings. The summed E-state index contributed by atoms with van der Waals surface area (Å²) in [7, 11) is -2.54. The van der Waals surface area contributed by atoms with Crippen molar-refractivity contribution < 1.29 is 14.5 Å². The normalized spacial score (nSPS) is 16.0. The van der Waals surface area contributed by atoms with Crippen molar-refractivity contribution in [2.75, 3.05) is 30.5 Å². The Bertz CT molecular complexity index is 1710. The van der Waals surface area contributed by atoms with Crippen molar-refractivity contribution in [2.24, 2.45) is 5.41 Å². The smallest absolute Gasteiger partial charge is 0.407 e. The van der Waals surface area contributed by atoms with Crippen LogP contribution in [-0.4, -0.2) is 62.2 Å². The molecule has 2 aromatic carbocycles. The van der Waals surface area contributed by atoms with Gasteiger partial charge >= 0.3 is 6.09 Å². The Balaban J connectivity index is 1.43. The van der Waals surface area contributed by atoms with Crippen molar-refractivity contribution in [3.8, 4) is 0 Å². The number of carboxylic acid groups (broad SMARTS) is 1. The highest BCUT2D eigenvalue weighted by atomic mass is 35.5. The molecule has 5 rings (SSSR count). The van der Waals surface area contributed by atoms with Crippen LogP contribution in [-0.2, 0) is 4.57 Å². The highest BCUT2D eigenvalue weighted by molar-refractivity contribution is 7.70. The van der Waals surface area contributed by atoms with Crippen LogP contribution in [0.2, 0.25) is 5.02 Å². The second kappa shape index (κ2) is 10.8. The average molecular weight is 594 g/mol. The molecule has 3 heterocycles. The molecule has 0 saturated carbocycles. The molecule has 4 N–H and O–H groups in total. The van der Waals surface area contributed by atoms with Gasteiger partial charge in [0.25, 0.3) is 0 Å². The minimum Gasteiger partial charge on any atom is -0.465 e. The number of amides is 1. The minimum atomic E-state index is -2.54. The fraction of sp³-hybridized carbons (Fsp3) is 0.310. The van der Waals surface area contributed by atoms with Crippen LogP contribution in [0, 0.1) is 5.41 Å². The van der Waals surface area contributed by atoms with Crippen molar-refractivity contribution in [2.45, 2.75) is 33.2 Å². The van der Waals surface area contributed by atoms with Gasteiger partial charge in [-0.2, -0.15) is 10.1 Å². The molecular formula is C29H33ClN7O3P. The lowest BCUT2D eigenvalue weighted by Gasteiger charge is -2.41.